The quantitative estimate of drug-likeness (QED) is 0.679. The summed E-state index contributed by atoms with van der Waals surface area (Å²) >= 11 is 0.0434. The Labute approximate surface area is 148 Å². The molecule has 0 amide bonds. The molecule has 1 N–H and O–H groups in total. The van der Waals surface area contributed by atoms with Gasteiger partial charge >= 0.3 is 151 Å². The molecule has 19 heavy (non-hydrogen) atoms. The molecule has 0 bridgehead atoms. The normalized spacial score (nSPS) is 21.1. The van der Waals surface area contributed by atoms with Gasteiger partial charge in [0.1, 0.15) is 0 Å². The van der Waals surface area contributed by atoms with E-state index in [4.69, 9.17) is 0 Å². The zero-order valence-electron chi connectivity index (χ0n) is 11.6. The summed E-state index contributed by atoms with van der Waals surface area (Å²) in [6.07, 6.45) is 2.07. The van der Waals surface area contributed by atoms with Gasteiger partial charge in [0.15, 0.2) is 0 Å². The van der Waals surface area contributed by atoms with Crippen LogP contribution in [0.3, 0.4) is 0 Å². The van der Waals surface area contributed by atoms with Crippen molar-refractivity contribution in [2.45, 2.75) is 32.1 Å². The first-order chi connectivity index (χ1) is 8.79. The van der Waals surface area contributed by atoms with Gasteiger partial charge in [0.25, 0.3) is 0 Å². The van der Waals surface area contributed by atoms with Gasteiger partial charge in [0.05, 0.1) is 0 Å². The number of nitrogens with zero attached hydrogens (tertiary/aromatic N) is 1. The topological polar surface area (TPSA) is 57.6 Å². The molecule has 2 rings (SSSR count). The Balaban J connectivity index is 2.33. The summed E-state index contributed by atoms with van der Waals surface area (Å²) in [4.78, 5) is 2.15. The van der Waals surface area contributed by atoms with E-state index >= 15 is 0 Å². The molecular formula is C13H18KNO3S. The van der Waals surface area contributed by atoms with Crippen LogP contribution in [-0.2, 0) is 16.5 Å². The van der Waals surface area contributed by atoms with E-state index in [0.29, 0.717) is 12.6 Å². The molecule has 0 aromatic heterocycles. The van der Waals surface area contributed by atoms with Gasteiger partial charge in [-0.15, -0.1) is 0 Å². The van der Waals surface area contributed by atoms with E-state index in [1.807, 2.05) is 6.92 Å². The van der Waals surface area contributed by atoms with Gasteiger partial charge in [-0.05, 0) is 0 Å². The van der Waals surface area contributed by atoms with E-state index in [-0.39, 0.29) is 49.0 Å². The SMILES string of the molecule is Cc1ccc2c(c1)N(C[CH]([K])S(=O)(=O)O)C(C)CC2. The molecule has 0 spiro atoms. The van der Waals surface area contributed by atoms with Crippen LogP contribution >= 0.6 is 0 Å². The molecule has 0 saturated carbocycles. The van der Waals surface area contributed by atoms with Crippen LogP contribution in [0.15, 0.2) is 18.2 Å². The van der Waals surface area contributed by atoms with E-state index in [1.54, 1.807) is 0 Å². The Kier molecular flexibility index (Phi) is 5.15. The molecule has 4 nitrogen and oxygen atoms in total. The summed E-state index contributed by atoms with van der Waals surface area (Å²) in [6.45, 7) is 4.58. The fourth-order valence-electron chi connectivity index (χ4n) is 2.56. The maximum absolute atomic E-state index is 11.3. The summed E-state index contributed by atoms with van der Waals surface area (Å²) in [5.74, 6) is 0. The van der Waals surface area contributed by atoms with Crippen LogP contribution in [0.25, 0.3) is 0 Å². The molecule has 2 atom stereocenters. The average Bonchev–Trinajstić information content (AvgIpc) is 2.31. The number of fused-ring (bicyclic) bond motifs is 1. The number of anilines is 1. The average molecular weight is 307 g/mol. The molecule has 1 aromatic carbocycles. The van der Waals surface area contributed by atoms with Gasteiger partial charge in [0, 0.05) is 0 Å². The van der Waals surface area contributed by atoms with Crippen molar-refractivity contribution in [1.82, 2.24) is 0 Å². The van der Waals surface area contributed by atoms with Crippen molar-refractivity contribution in [3.05, 3.63) is 29.3 Å². The van der Waals surface area contributed by atoms with E-state index in [0.717, 1.165) is 18.5 Å². The summed E-state index contributed by atoms with van der Waals surface area (Å²) in [5.41, 5.74) is 3.59. The predicted molar refractivity (Wildman–Crippen MR) is 77.4 cm³/mol. The van der Waals surface area contributed by atoms with Crippen molar-refractivity contribution in [1.29, 1.82) is 0 Å². The van der Waals surface area contributed by atoms with Crippen molar-refractivity contribution in [2.75, 3.05) is 11.4 Å². The van der Waals surface area contributed by atoms with Gasteiger partial charge in [0.2, 0.25) is 0 Å². The third-order valence-electron chi connectivity index (χ3n) is 3.88. The van der Waals surface area contributed by atoms with Crippen molar-refractivity contribution < 1.29 is 13.0 Å². The van der Waals surface area contributed by atoms with Gasteiger partial charge in [-0.25, -0.2) is 0 Å². The Bertz CT molecular complexity index is 573. The van der Waals surface area contributed by atoms with Crippen LogP contribution in [0.4, 0.5) is 5.69 Å². The number of rotatable bonds is 3. The second-order valence-electron chi connectivity index (χ2n) is 5.50. The molecule has 1 aliphatic heterocycles. The maximum atomic E-state index is 11.3. The third-order valence-corrected chi connectivity index (χ3v) is 8.40. The zero-order valence-corrected chi connectivity index (χ0v) is 15.6. The molecule has 0 fully saturated rings. The molecular weight excluding hydrogens is 289 g/mol. The number of aryl methyl sites for hydroxylation is 2. The summed E-state index contributed by atoms with van der Waals surface area (Å²) in [7, 11) is -3.90. The molecule has 1 aliphatic rings. The van der Waals surface area contributed by atoms with Crippen molar-refractivity contribution in [3.8, 4) is 0 Å². The first-order valence-corrected chi connectivity index (χ1v) is 9.92. The molecule has 2 unspecified atom stereocenters. The Morgan fingerprint density at radius 3 is 2.84 bits per heavy atom. The molecule has 6 heteroatoms. The van der Waals surface area contributed by atoms with E-state index < -0.39 is 9.46 Å². The number of hydrogen-bond donors (Lipinski definition) is 1. The predicted octanol–water partition coefficient (Wildman–Crippen LogP) is 1.52. The fourth-order valence-corrected chi connectivity index (χ4v) is 3.52. The molecule has 1 aromatic rings. The van der Waals surface area contributed by atoms with Crippen LogP contribution < -0.4 is 4.90 Å². The van der Waals surface area contributed by atoms with Crippen molar-refractivity contribution in [2.24, 2.45) is 0 Å². The first-order valence-electron chi connectivity index (χ1n) is 6.61. The van der Waals surface area contributed by atoms with Crippen LogP contribution in [0.2, 0.25) is 0 Å². The first kappa shape index (κ1) is 15.9. The van der Waals surface area contributed by atoms with Crippen molar-refractivity contribution in [3.63, 3.8) is 0 Å². The molecule has 1 heterocycles. The molecule has 0 aliphatic carbocycles. The number of benzene rings is 1. The van der Waals surface area contributed by atoms with Crippen molar-refractivity contribution >= 4 is 64.8 Å². The van der Waals surface area contributed by atoms with E-state index in [1.165, 1.54) is 11.1 Å². The third kappa shape index (κ3) is 3.81. The van der Waals surface area contributed by atoms with Crippen LogP contribution in [-0.4, -0.2) is 73.9 Å². The minimum atomic E-state index is -3.90. The Morgan fingerprint density at radius 2 is 2.21 bits per heavy atom. The Morgan fingerprint density at radius 1 is 1.53 bits per heavy atom. The van der Waals surface area contributed by atoms with Crippen LogP contribution in [0.5, 0.6) is 0 Å². The van der Waals surface area contributed by atoms with Gasteiger partial charge < -0.3 is 0 Å². The zero-order chi connectivity index (χ0) is 14.2. The second kappa shape index (κ2) is 6.13. The summed E-state index contributed by atoms with van der Waals surface area (Å²) in [6, 6.07) is 6.66. The van der Waals surface area contributed by atoms with Gasteiger partial charge in [-0.1, -0.05) is 0 Å². The minimum absolute atomic E-state index is 0.0434. The van der Waals surface area contributed by atoms with Crippen LogP contribution in [0.1, 0.15) is 24.5 Å². The Hall–Kier alpha value is 0.566. The molecule has 100 valence electrons. The van der Waals surface area contributed by atoms with Crippen LogP contribution in [0, 0.1) is 6.92 Å². The monoisotopic (exact) mass is 307 g/mol. The molecule has 0 saturated heterocycles. The van der Waals surface area contributed by atoms with E-state index in [2.05, 4.69) is 30.0 Å². The summed E-state index contributed by atoms with van der Waals surface area (Å²) in [5, 5.41) is 0. The van der Waals surface area contributed by atoms with E-state index in [9.17, 15) is 13.0 Å². The molecule has 0 radical (unpaired) electrons. The standard InChI is InChI=1S/C13H18NO3S.K/c1-10-3-5-12-6-4-11(2)14(13(12)9-10)7-8-18(15,16)17;/h3,5,8-9,11H,4,6-7H2,1-2H3,(H,15,16,17);. The second-order valence-corrected chi connectivity index (χ2v) is 10.8. The fraction of sp³-hybridized carbons (Fsp3) is 0.538. The van der Waals surface area contributed by atoms with Gasteiger partial charge in [-0.3, -0.25) is 0 Å². The van der Waals surface area contributed by atoms with Gasteiger partial charge in [-0.2, -0.15) is 0 Å². The summed E-state index contributed by atoms with van der Waals surface area (Å²) < 4.78 is 31.1. The number of hydrogen-bond acceptors (Lipinski definition) is 3.